The summed E-state index contributed by atoms with van der Waals surface area (Å²) in [5.41, 5.74) is 1.39. The monoisotopic (exact) mass is 275 g/mol. The molecule has 0 heterocycles. The highest BCUT2D eigenvalue weighted by Crippen LogP contribution is 2.32. The molecule has 2 rings (SSSR count). The first kappa shape index (κ1) is 15.4. The average molecular weight is 275 g/mol. The normalized spacial score (nSPS) is 17.9. The molecular weight excluding hydrogens is 246 g/mol. The number of hydrogen-bond donors (Lipinski definition) is 1. The highest BCUT2D eigenvalue weighted by Gasteiger charge is 2.19. The average Bonchev–Trinajstić information content (AvgIpc) is 2.52. The van der Waals surface area contributed by atoms with Crippen LogP contribution >= 0.6 is 0 Å². The number of benzene rings is 1. The molecule has 0 spiro atoms. The van der Waals surface area contributed by atoms with Crippen molar-refractivity contribution in [2.75, 3.05) is 13.7 Å². The van der Waals surface area contributed by atoms with Crippen molar-refractivity contribution in [1.82, 2.24) is 5.32 Å². The van der Waals surface area contributed by atoms with Crippen LogP contribution in [0.15, 0.2) is 24.3 Å². The largest absolute Gasteiger partial charge is 0.494 e. The third-order valence-corrected chi connectivity index (χ3v) is 4.40. The van der Waals surface area contributed by atoms with Crippen LogP contribution in [0.2, 0.25) is 0 Å². The SMILES string of the molecule is CCCOc1ccc(C(CC2CCCCC2)NC)cc1. The van der Waals surface area contributed by atoms with Crippen LogP contribution in [0.1, 0.15) is 63.5 Å². The fourth-order valence-corrected chi connectivity index (χ4v) is 3.19. The Bertz CT molecular complexity index is 368. The second-order valence-corrected chi connectivity index (χ2v) is 6.00. The van der Waals surface area contributed by atoms with Crippen molar-refractivity contribution in [3.8, 4) is 5.75 Å². The molecule has 1 aliphatic carbocycles. The summed E-state index contributed by atoms with van der Waals surface area (Å²) in [6.07, 6.45) is 9.43. The molecule has 1 atom stereocenters. The first-order valence-corrected chi connectivity index (χ1v) is 8.23. The quantitative estimate of drug-likeness (QED) is 0.778. The molecule has 1 fully saturated rings. The maximum Gasteiger partial charge on any atom is 0.119 e. The molecule has 0 saturated heterocycles. The van der Waals surface area contributed by atoms with Crippen molar-refractivity contribution in [3.63, 3.8) is 0 Å². The number of ether oxygens (including phenoxy) is 1. The lowest BCUT2D eigenvalue weighted by Gasteiger charge is -2.26. The second kappa shape index (κ2) is 8.31. The van der Waals surface area contributed by atoms with Crippen LogP contribution < -0.4 is 10.1 Å². The lowest BCUT2D eigenvalue weighted by Crippen LogP contribution is -2.21. The zero-order chi connectivity index (χ0) is 14.2. The van der Waals surface area contributed by atoms with Gasteiger partial charge in [-0.25, -0.2) is 0 Å². The van der Waals surface area contributed by atoms with Crippen LogP contribution in [0.25, 0.3) is 0 Å². The van der Waals surface area contributed by atoms with Gasteiger partial charge in [-0.15, -0.1) is 0 Å². The Morgan fingerprint density at radius 3 is 2.45 bits per heavy atom. The van der Waals surface area contributed by atoms with E-state index in [-0.39, 0.29) is 0 Å². The first-order chi connectivity index (χ1) is 9.83. The molecule has 1 aromatic rings. The maximum atomic E-state index is 5.65. The van der Waals surface area contributed by atoms with E-state index >= 15 is 0 Å². The Morgan fingerprint density at radius 2 is 1.85 bits per heavy atom. The van der Waals surface area contributed by atoms with Gasteiger partial charge in [-0.2, -0.15) is 0 Å². The second-order valence-electron chi connectivity index (χ2n) is 6.00. The van der Waals surface area contributed by atoms with Crippen molar-refractivity contribution in [3.05, 3.63) is 29.8 Å². The number of rotatable bonds is 7. The Kier molecular flexibility index (Phi) is 6.38. The number of hydrogen-bond acceptors (Lipinski definition) is 2. The minimum Gasteiger partial charge on any atom is -0.494 e. The van der Waals surface area contributed by atoms with Crippen molar-refractivity contribution < 1.29 is 4.74 Å². The van der Waals surface area contributed by atoms with Crippen LogP contribution in [-0.2, 0) is 0 Å². The summed E-state index contributed by atoms with van der Waals surface area (Å²) in [6, 6.07) is 9.13. The van der Waals surface area contributed by atoms with E-state index in [9.17, 15) is 0 Å². The van der Waals surface area contributed by atoms with Crippen molar-refractivity contribution in [2.24, 2.45) is 5.92 Å². The molecule has 0 aromatic heterocycles. The molecule has 0 radical (unpaired) electrons. The van der Waals surface area contributed by atoms with E-state index in [2.05, 4.69) is 43.6 Å². The lowest BCUT2D eigenvalue weighted by atomic mass is 9.83. The summed E-state index contributed by atoms with van der Waals surface area (Å²) in [5.74, 6) is 1.89. The summed E-state index contributed by atoms with van der Waals surface area (Å²) >= 11 is 0. The highest BCUT2D eigenvalue weighted by molar-refractivity contribution is 5.29. The molecule has 0 amide bonds. The summed E-state index contributed by atoms with van der Waals surface area (Å²) in [4.78, 5) is 0. The summed E-state index contributed by atoms with van der Waals surface area (Å²) in [7, 11) is 2.08. The predicted octanol–water partition coefficient (Wildman–Crippen LogP) is 4.71. The first-order valence-electron chi connectivity index (χ1n) is 8.23. The fourth-order valence-electron chi connectivity index (χ4n) is 3.19. The van der Waals surface area contributed by atoms with Gasteiger partial charge in [0.25, 0.3) is 0 Å². The molecular formula is C18H29NO. The van der Waals surface area contributed by atoms with Gasteiger partial charge in [0.2, 0.25) is 0 Å². The van der Waals surface area contributed by atoms with E-state index in [1.807, 2.05) is 0 Å². The van der Waals surface area contributed by atoms with Gasteiger partial charge in [-0.1, -0.05) is 51.2 Å². The third-order valence-electron chi connectivity index (χ3n) is 4.40. The molecule has 112 valence electrons. The third kappa shape index (κ3) is 4.52. The Morgan fingerprint density at radius 1 is 1.15 bits per heavy atom. The van der Waals surface area contributed by atoms with Gasteiger partial charge in [-0.3, -0.25) is 0 Å². The Balaban J connectivity index is 1.92. The molecule has 1 aliphatic rings. The molecule has 1 saturated carbocycles. The van der Waals surface area contributed by atoms with Gasteiger partial charge in [-0.05, 0) is 43.5 Å². The van der Waals surface area contributed by atoms with Crippen molar-refractivity contribution >= 4 is 0 Å². The molecule has 20 heavy (non-hydrogen) atoms. The molecule has 1 N–H and O–H groups in total. The van der Waals surface area contributed by atoms with Gasteiger partial charge in [0.05, 0.1) is 6.61 Å². The zero-order valence-corrected chi connectivity index (χ0v) is 13.0. The zero-order valence-electron chi connectivity index (χ0n) is 13.0. The standard InChI is InChI=1S/C18H29NO/c1-3-13-20-17-11-9-16(10-12-17)18(19-2)14-15-7-5-4-6-8-15/h9-12,15,18-19H,3-8,13-14H2,1-2H3. The van der Waals surface area contributed by atoms with Crippen LogP contribution in [0.4, 0.5) is 0 Å². The lowest BCUT2D eigenvalue weighted by molar-refractivity contribution is 0.305. The van der Waals surface area contributed by atoms with E-state index in [4.69, 9.17) is 4.74 Å². The van der Waals surface area contributed by atoms with Crippen LogP contribution in [0.3, 0.4) is 0 Å². The fraction of sp³-hybridized carbons (Fsp3) is 0.667. The predicted molar refractivity (Wildman–Crippen MR) is 85.2 cm³/mol. The molecule has 1 unspecified atom stereocenters. The van der Waals surface area contributed by atoms with Gasteiger partial charge in [0.15, 0.2) is 0 Å². The van der Waals surface area contributed by atoms with Crippen molar-refractivity contribution in [1.29, 1.82) is 0 Å². The molecule has 1 aromatic carbocycles. The molecule has 0 bridgehead atoms. The topological polar surface area (TPSA) is 21.3 Å². The molecule has 0 aliphatic heterocycles. The van der Waals surface area contributed by atoms with E-state index < -0.39 is 0 Å². The molecule has 2 heteroatoms. The minimum atomic E-state index is 0.485. The maximum absolute atomic E-state index is 5.65. The minimum absolute atomic E-state index is 0.485. The van der Waals surface area contributed by atoms with Crippen molar-refractivity contribution in [2.45, 2.75) is 57.9 Å². The summed E-state index contributed by atoms with van der Waals surface area (Å²) < 4.78 is 5.65. The van der Waals surface area contributed by atoms with E-state index in [1.165, 1.54) is 44.1 Å². The van der Waals surface area contributed by atoms with E-state index in [1.54, 1.807) is 0 Å². The summed E-state index contributed by atoms with van der Waals surface area (Å²) in [6.45, 7) is 2.94. The van der Waals surface area contributed by atoms with Gasteiger partial charge >= 0.3 is 0 Å². The Labute approximate surface area is 123 Å². The van der Waals surface area contributed by atoms with Crippen LogP contribution in [0.5, 0.6) is 5.75 Å². The smallest absolute Gasteiger partial charge is 0.119 e. The van der Waals surface area contributed by atoms with E-state index in [0.29, 0.717) is 6.04 Å². The summed E-state index contributed by atoms with van der Waals surface area (Å²) in [5, 5.41) is 3.49. The van der Waals surface area contributed by atoms with E-state index in [0.717, 1.165) is 24.7 Å². The van der Waals surface area contributed by atoms with Gasteiger partial charge < -0.3 is 10.1 Å². The Hall–Kier alpha value is -1.02. The van der Waals surface area contributed by atoms with Crippen LogP contribution in [0, 0.1) is 5.92 Å². The van der Waals surface area contributed by atoms with Crippen LogP contribution in [-0.4, -0.2) is 13.7 Å². The number of nitrogens with one attached hydrogen (secondary N) is 1. The highest BCUT2D eigenvalue weighted by atomic mass is 16.5. The van der Waals surface area contributed by atoms with Gasteiger partial charge in [0, 0.05) is 6.04 Å². The van der Waals surface area contributed by atoms with Gasteiger partial charge in [0.1, 0.15) is 5.75 Å². The molecule has 2 nitrogen and oxygen atoms in total.